The van der Waals surface area contributed by atoms with Crippen molar-refractivity contribution < 1.29 is 9.47 Å². The molecule has 2 aromatic carbocycles. The van der Waals surface area contributed by atoms with Crippen LogP contribution in [0.25, 0.3) is 11.0 Å². The van der Waals surface area contributed by atoms with Gasteiger partial charge in [0.1, 0.15) is 11.5 Å². The summed E-state index contributed by atoms with van der Waals surface area (Å²) in [4.78, 5) is 1.24. The fourth-order valence-corrected chi connectivity index (χ4v) is 3.22. The predicted molar refractivity (Wildman–Crippen MR) is 101 cm³/mol. The summed E-state index contributed by atoms with van der Waals surface area (Å²) in [7, 11) is 3.37. The molecule has 3 heteroatoms. The van der Waals surface area contributed by atoms with Crippen molar-refractivity contribution in [3.8, 4) is 11.5 Å². The molecule has 0 aliphatic carbocycles. The van der Waals surface area contributed by atoms with Crippen LogP contribution in [0, 0.1) is 0 Å². The molecule has 0 saturated carbocycles. The number of rotatable bonds is 5. The molecule has 2 aromatic rings. The summed E-state index contributed by atoms with van der Waals surface area (Å²) < 4.78 is 10.6. The van der Waals surface area contributed by atoms with Crippen molar-refractivity contribution in [1.29, 1.82) is 0 Å². The van der Waals surface area contributed by atoms with Crippen LogP contribution >= 0.6 is 11.8 Å². The Kier molecular flexibility index (Phi) is 5.78. The number of hydrogen-bond donors (Lipinski definition) is 0. The summed E-state index contributed by atoms with van der Waals surface area (Å²) in [5.41, 5.74) is 2.36. The first kappa shape index (κ1) is 17.5. The third-order valence-electron chi connectivity index (χ3n) is 3.20. The average Bonchev–Trinajstić information content (AvgIpc) is 2.54. The highest BCUT2D eigenvalue weighted by Gasteiger charge is 2.15. The maximum absolute atomic E-state index is 5.25. The van der Waals surface area contributed by atoms with E-state index in [1.807, 2.05) is 36.0 Å². The van der Waals surface area contributed by atoms with Gasteiger partial charge in [-0.25, -0.2) is 0 Å². The van der Waals surface area contributed by atoms with Gasteiger partial charge >= 0.3 is 0 Å². The number of hydrogen-bond acceptors (Lipinski definition) is 3. The maximum Gasteiger partial charge on any atom is 0.118 e. The van der Waals surface area contributed by atoms with E-state index in [0.29, 0.717) is 0 Å². The minimum Gasteiger partial charge on any atom is -0.497 e. The Morgan fingerprint density at radius 3 is 1.74 bits per heavy atom. The van der Waals surface area contributed by atoms with E-state index in [1.54, 1.807) is 14.2 Å². The summed E-state index contributed by atoms with van der Waals surface area (Å²) in [5, 5.41) is 0. The first-order valence-electron chi connectivity index (χ1n) is 7.60. The van der Waals surface area contributed by atoms with Gasteiger partial charge in [-0.1, -0.05) is 45.0 Å². The second-order valence-corrected chi connectivity index (χ2v) is 8.09. The Hall–Kier alpha value is -1.87. The molecule has 0 fully saturated rings. The molecular formula is C20H24O2S. The highest BCUT2D eigenvalue weighted by atomic mass is 32.2. The van der Waals surface area contributed by atoms with Gasteiger partial charge in [0.25, 0.3) is 0 Å². The van der Waals surface area contributed by atoms with Gasteiger partial charge < -0.3 is 9.47 Å². The fraction of sp³-hybridized carbons (Fsp3) is 0.300. The summed E-state index contributed by atoms with van der Waals surface area (Å²) in [6.45, 7) is 6.68. The predicted octanol–water partition coefficient (Wildman–Crippen LogP) is 5.73. The van der Waals surface area contributed by atoms with Crippen molar-refractivity contribution in [2.24, 2.45) is 0 Å². The third kappa shape index (κ3) is 5.36. The molecule has 0 heterocycles. The zero-order valence-corrected chi connectivity index (χ0v) is 15.2. The lowest BCUT2D eigenvalue weighted by atomic mass is 10.1. The zero-order chi connectivity index (χ0) is 16.9. The van der Waals surface area contributed by atoms with E-state index in [-0.39, 0.29) is 4.75 Å². The highest BCUT2D eigenvalue weighted by molar-refractivity contribution is 8.09. The van der Waals surface area contributed by atoms with Crippen molar-refractivity contribution in [3.63, 3.8) is 0 Å². The third-order valence-corrected chi connectivity index (χ3v) is 4.39. The van der Waals surface area contributed by atoms with Gasteiger partial charge in [-0.15, -0.1) is 11.8 Å². The topological polar surface area (TPSA) is 18.5 Å². The van der Waals surface area contributed by atoms with Crippen LogP contribution in [0.5, 0.6) is 11.5 Å². The molecule has 23 heavy (non-hydrogen) atoms. The minimum absolute atomic E-state index is 0.137. The van der Waals surface area contributed by atoms with Gasteiger partial charge in [-0.3, -0.25) is 0 Å². The van der Waals surface area contributed by atoms with Gasteiger partial charge in [0.2, 0.25) is 0 Å². The van der Waals surface area contributed by atoms with Gasteiger partial charge in [-0.05, 0) is 41.5 Å². The Morgan fingerprint density at radius 2 is 1.30 bits per heavy atom. The zero-order valence-electron chi connectivity index (χ0n) is 14.4. The van der Waals surface area contributed by atoms with Crippen molar-refractivity contribution in [2.75, 3.05) is 14.2 Å². The lowest BCUT2D eigenvalue weighted by Gasteiger charge is -2.20. The molecule has 0 amide bonds. The SMILES string of the molecule is COc1ccc(/C=C(\SC(C)(C)C)c2ccc(OC)cc2)cc1. The number of methoxy groups -OCH3 is 2. The van der Waals surface area contributed by atoms with Crippen LogP contribution in [0.4, 0.5) is 0 Å². The molecule has 0 bridgehead atoms. The first-order valence-corrected chi connectivity index (χ1v) is 8.42. The molecule has 0 unspecified atom stereocenters. The Balaban J connectivity index is 2.37. The summed E-state index contributed by atoms with van der Waals surface area (Å²) in [6, 6.07) is 16.3. The smallest absolute Gasteiger partial charge is 0.118 e. The molecule has 0 aliphatic heterocycles. The van der Waals surface area contributed by atoms with E-state index >= 15 is 0 Å². The quantitative estimate of drug-likeness (QED) is 0.653. The molecule has 0 saturated heterocycles. The van der Waals surface area contributed by atoms with Gasteiger partial charge in [-0.2, -0.15) is 0 Å². The maximum atomic E-state index is 5.25. The van der Waals surface area contributed by atoms with E-state index in [1.165, 1.54) is 10.5 Å². The Morgan fingerprint density at radius 1 is 0.826 bits per heavy atom. The lowest BCUT2D eigenvalue weighted by Crippen LogP contribution is -2.07. The molecule has 0 N–H and O–H groups in total. The second-order valence-electron chi connectivity index (χ2n) is 6.22. The van der Waals surface area contributed by atoms with Crippen LogP contribution in [0.1, 0.15) is 31.9 Å². The standard InChI is InChI=1S/C20H24O2S/c1-20(2,3)23-19(16-8-12-18(22-5)13-9-16)14-15-6-10-17(21-4)11-7-15/h6-14H,1-5H3/b19-14-. The highest BCUT2D eigenvalue weighted by Crippen LogP contribution is 2.39. The van der Waals surface area contributed by atoms with E-state index < -0.39 is 0 Å². The van der Waals surface area contributed by atoms with Crippen LogP contribution < -0.4 is 9.47 Å². The monoisotopic (exact) mass is 328 g/mol. The van der Waals surface area contributed by atoms with Gasteiger partial charge in [0, 0.05) is 9.65 Å². The average molecular weight is 328 g/mol. The van der Waals surface area contributed by atoms with Crippen LogP contribution in [-0.2, 0) is 0 Å². The van der Waals surface area contributed by atoms with Crippen LogP contribution in [0.2, 0.25) is 0 Å². The molecule has 0 atom stereocenters. The molecular weight excluding hydrogens is 304 g/mol. The Bertz CT molecular complexity index is 650. The van der Waals surface area contributed by atoms with Crippen molar-refractivity contribution in [3.05, 3.63) is 59.7 Å². The largest absolute Gasteiger partial charge is 0.497 e. The molecule has 0 aromatic heterocycles. The van der Waals surface area contributed by atoms with E-state index in [0.717, 1.165) is 17.1 Å². The fourth-order valence-electron chi connectivity index (χ4n) is 2.11. The second kappa shape index (κ2) is 7.60. The van der Waals surface area contributed by atoms with Gasteiger partial charge in [0.05, 0.1) is 14.2 Å². The molecule has 2 rings (SSSR count). The normalized spacial score (nSPS) is 12.1. The van der Waals surface area contributed by atoms with Crippen LogP contribution in [0.3, 0.4) is 0 Å². The van der Waals surface area contributed by atoms with Crippen molar-refractivity contribution >= 4 is 22.7 Å². The van der Waals surface area contributed by atoms with Crippen molar-refractivity contribution in [2.45, 2.75) is 25.5 Å². The van der Waals surface area contributed by atoms with E-state index in [4.69, 9.17) is 9.47 Å². The summed E-state index contributed by atoms with van der Waals surface area (Å²) in [5.74, 6) is 1.75. The number of benzene rings is 2. The molecule has 0 aliphatic rings. The van der Waals surface area contributed by atoms with E-state index in [9.17, 15) is 0 Å². The van der Waals surface area contributed by atoms with Gasteiger partial charge in [0.15, 0.2) is 0 Å². The van der Waals surface area contributed by atoms with Crippen LogP contribution in [-0.4, -0.2) is 19.0 Å². The number of ether oxygens (including phenoxy) is 2. The first-order chi connectivity index (χ1) is 10.9. The summed E-state index contributed by atoms with van der Waals surface area (Å²) in [6.07, 6.45) is 2.22. The molecule has 0 radical (unpaired) electrons. The molecule has 0 spiro atoms. The van der Waals surface area contributed by atoms with Crippen LogP contribution in [0.15, 0.2) is 48.5 Å². The van der Waals surface area contributed by atoms with E-state index in [2.05, 4.69) is 51.1 Å². The Labute approximate surface area is 143 Å². The number of thioether (sulfide) groups is 1. The molecule has 122 valence electrons. The van der Waals surface area contributed by atoms with Crippen molar-refractivity contribution in [1.82, 2.24) is 0 Å². The minimum atomic E-state index is 0.137. The summed E-state index contributed by atoms with van der Waals surface area (Å²) >= 11 is 1.86. The molecule has 2 nitrogen and oxygen atoms in total. The lowest BCUT2D eigenvalue weighted by molar-refractivity contribution is 0.414.